The van der Waals surface area contributed by atoms with Gasteiger partial charge in [-0.1, -0.05) is 43.9 Å². The van der Waals surface area contributed by atoms with Gasteiger partial charge in [-0.3, -0.25) is 4.79 Å². The molecule has 94 valence electrons. The van der Waals surface area contributed by atoms with Crippen molar-refractivity contribution in [3.05, 3.63) is 0 Å². The van der Waals surface area contributed by atoms with E-state index in [-0.39, 0.29) is 0 Å². The number of carbonyl (C=O) groups excluding carboxylic acids is 1. The number of carbonyl (C=O) groups is 1. The quantitative estimate of drug-likeness (QED) is 0.329. The molecule has 0 rings (SSSR count). The molecule has 0 bridgehead atoms. The maximum Gasteiger partial charge on any atom is 0.293 e. The molecule has 0 N–H and O–H groups in total. The summed E-state index contributed by atoms with van der Waals surface area (Å²) in [5, 5.41) is 0. The van der Waals surface area contributed by atoms with Crippen LogP contribution in [-0.2, 0) is 9.53 Å². The number of unbranched alkanes of at least 4 members (excludes halogenated alkanes) is 7. The van der Waals surface area contributed by atoms with Crippen LogP contribution in [0.25, 0.3) is 0 Å². The van der Waals surface area contributed by atoms with E-state index in [0.717, 1.165) is 19.3 Å². The Bertz CT molecular complexity index is 286. The fourth-order valence-electron chi connectivity index (χ4n) is 1.50. The Morgan fingerprint density at radius 2 is 1.59 bits per heavy atom. The first kappa shape index (κ1) is 15.6. The van der Waals surface area contributed by atoms with Gasteiger partial charge in [0.1, 0.15) is 0 Å². The highest BCUT2D eigenvalue weighted by molar-refractivity contribution is 5.36. The topological polar surface area (TPSA) is 26.3 Å². The number of hydrogen-bond donors (Lipinski definition) is 0. The van der Waals surface area contributed by atoms with Crippen LogP contribution in [0, 0.1) is 23.7 Å². The van der Waals surface area contributed by atoms with Crippen molar-refractivity contribution >= 4 is 6.47 Å². The first-order valence-electron chi connectivity index (χ1n) is 6.36. The Morgan fingerprint density at radius 3 is 2.24 bits per heavy atom. The number of hydrogen-bond acceptors (Lipinski definition) is 2. The molecule has 17 heavy (non-hydrogen) atoms. The van der Waals surface area contributed by atoms with Crippen LogP contribution in [0.2, 0.25) is 0 Å². The van der Waals surface area contributed by atoms with Crippen LogP contribution >= 0.6 is 0 Å². The van der Waals surface area contributed by atoms with Crippen molar-refractivity contribution in [1.82, 2.24) is 0 Å². The van der Waals surface area contributed by atoms with Crippen molar-refractivity contribution in [3.8, 4) is 23.7 Å². The van der Waals surface area contributed by atoms with Crippen molar-refractivity contribution in [2.45, 2.75) is 58.3 Å². The second kappa shape index (κ2) is 14.6. The standard InChI is InChI=1S/C15H22O2/c1-2-3-4-5-6-7-8-9-10-11-12-13-14-17-15-16/h15H,6-14H2,1H3. The van der Waals surface area contributed by atoms with Crippen molar-refractivity contribution in [3.63, 3.8) is 0 Å². The van der Waals surface area contributed by atoms with Crippen LogP contribution in [0.3, 0.4) is 0 Å². The smallest absolute Gasteiger partial charge is 0.293 e. The normalized spacial score (nSPS) is 8.53. The highest BCUT2D eigenvalue weighted by atomic mass is 16.5. The maximum absolute atomic E-state index is 9.86. The zero-order chi connectivity index (χ0) is 12.6. The van der Waals surface area contributed by atoms with Crippen LogP contribution in [0.15, 0.2) is 0 Å². The zero-order valence-electron chi connectivity index (χ0n) is 10.8. The summed E-state index contributed by atoms with van der Waals surface area (Å²) in [7, 11) is 0. The van der Waals surface area contributed by atoms with Gasteiger partial charge >= 0.3 is 0 Å². The Balaban J connectivity index is 3.06. The van der Waals surface area contributed by atoms with Gasteiger partial charge in [0.25, 0.3) is 6.47 Å². The van der Waals surface area contributed by atoms with E-state index in [1.54, 1.807) is 6.92 Å². The van der Waals surface area contributed by atoms with Crippen LogP contribution in [0.5, 0.6) is 0 Å². The van der Waals surface area contributed by atoms with E-state index in [9.17, 15) is 4.79 Å². The summed E-state index contributed by atoms with van der Waals surface area (Å²) in [4.78, 5) is 9.86. The fourth-order valence-corrected chi connectivity index (χ4v) is 1.50. The third-order valence-corrected chi connectivity index (χ3v) is 2.41. The average Bonchev–Trinajstić information content (AvgIpc) is 2.35. The van der Waals surface area contributed by atoms with Crippen molar-refractivity contribution in [1.29, 1.82) is 0 Å². The fraction of sp³-hybridized carbons (Fsp3) is 0.667. The molecule has 2 heteroatoms. The van der Waals surface area contributed by atoms with E-state index in [0.29, 0.717) is 13.1 Å². The van der Waals surface area contributed by atoms with Gasteiger partial charge in [0.05, 0.1) is 6.61 Å². The number of ether oxygens (including phenoxy) is 1. The van der Waals surface area contributed by atoms with E-state index in [4.69, 9.17) is 0 Å². The van der Waals surface area contributed by atoms with E-state index < -0.39 is 0 Å². The highest BCUT2D eigenvalue weighted by Crippen LogP contribution is 2.08. The first-order chi connectivity index (χ1) is 8.41. The third-order valence-electron chi connectivity index (χ3n) is 2.41. The van der Waals surface area contributed by atoms with E-state index in [2.05, 4.69) is 28.4 Å². The molecule has 0 atom stereocenters. The second-order valence-electron chi connectivity index (χ2n) is 3.87. The van der Waals surface area contributed by atoms with Gasteiger partial charge in [0.2, 0.25) is 0 Å². The molecular formula is C15H22O2. The predicted octanol–water partition coefficient (Wildman–Crippen LogP) is 3.31. The minimum Gasteiger partial charge on any atom is -0.468 e. The molecule has 0 aliphatic rings. The van der Waals surface area contributed by atoms with Gasteiger partial charge in [-0.25, -0.2) is 0 Å². The Morgan fingerprint density at radius 1 is 0.941 bits per heavy atom. The molecule has 0 aliphatic carbocycles. The average molecular weight is 234 g/mol. The summed E-state index contributed by atoms with van der Waals surface area (Å²) in [6.45, 7) is 2.89. The molecule has 0 aromatic carbocycles. The van der Waals surface area contributed by atoms with Gasteiger partial charge in [-0.2, -0.15) is 0 Å². The third kappa shape index (κ3) is 14.6. The SMILES string of the molecule is CC#CC#CCCCCCCCCCOC=O. The Labute approximate surface area is 105 Å². The van der Waals surface area contributed by atoms with Crippen molar-refractivity contribution in [2.75, 3.05) is 6.61 Å². The van der Waals surface area contributed by atoms with Crippen LogP contribution in [0.4, 0.5) is 0 Å². The van der Waals surface area contributed by atoms with E-state index in [1.165, 1.54) is 32.1 Å². The summed E-state index contributed by atoms with van der Waals surface area (Å²) in [5.74, 6) is 11.3. The lowest BCUT2D eigenvalue weighted by molar-refractivity contribution is -0.128. The number of rotatable bonds is 10. The molecule has 0 saturated carbocycles. The monoisotopic (exact) mass is 234 g/mol. The van der Waals surface area contributed by atoms with Crippen molar-refractivity contribution in [2.24, 2.45) is 0 Å². The lowest BCUT2D eigenvalue weighted by Crippen LogP contribution is -1.91. The van der Waals surface area contributed by atoms with Crippen LogP contribution in [0.1, 0.15) is 58.3 Å². The lowest BCUT2D eigenvalue weighted by atomic mass is 10.1. The molecule has 0 aromatic rings. The Hall–Kier alpha value is -1.41. The molecule has 0 aliphatic heterocycles. The minimum absolute atomic E-state index is 0.518. The van der Waals surface area contributed by atoms with Crippen LogP contribution < -0.4 is 0 Å². The summed E-state index contributed by atoms with van der Waals surface area (Å²) in [6, 6.07) is 0. The lowest BCUT2D eigenvalue weighted by Gasteiger charge is -2.00. The summed E-state index contributed by atoms with van der Waals surface area (Å²) in [6.07, 6.45) is 9.29. The van der Waals surface area contributed by atoms with Crippen LogP contribution in [-0.4, -0.2) is 13.1 Å². The van der Waals surface area contributed by atoms with Gasteiger partial charge in [-0.15, -0.1) is 0 Å². The molecule has 0 amide bonds. The molecule has 0 unspecified atom stereocenters. The van der Waals surface area contributed by atoms with E-state index >= 15 is 0 Å². The summed E-state index contributed by atoms with van der Waals surface area (Å²) < 4.78 is 4.62. The van der Waals surface area contributed by atoms with Gasteiger partial charge in [0.15, 0.2) is 0 Å². The molecule has 0 spiro atoms. The molecule has 0 radical (unpaired) electrons. The predicted molar refractivity (Wildman–Crippen MR) is 70.2 cm³/mol. The van der Waals surface area contributed by atoms with Crippen molar-refractivity contribution < 1.29 is 9.53 Å². The first-order valence-corrected chi connectivity index (χ1v) is 6.36. The highest BCUT2D eigenvalue weighted by Gasteiger charge is 1.91. The molecule has 0 heterocycles. The summed E-state index contributed by atoms with van der Waals surface area (Å²) in [5.41, 5.74) is 0. The zero-order valence-corrected chi connectivity index (χ0v) is 10.8. The molecule has 2 nitrogen and oxygen atoms in total. The molecular weight excluding hydrogens is 212 g/mol. The molecule has 0 saturated heterocycles. The molecule has 0 fully saturated rings. The van der Waals surface area contributed by atoms with Gasteiger partial charge in [-0.05, 0) is 31.6 Å². The van der Waals surface area contributed by atoms with Gasteiger partial charge in [0, 0.05) is 6.42 Å². The maximum atomic E-state index is 9.86. The summed E-state index contributed by atoms with van der Waals surface area (Å²) >= 11 is 0. The van der Waals surface area contributed by atoms with Gasteiger partial charge < -0.3 is 4.74 Å². The Kier molecular flexibility index (Phi) is 13.4. The van der Waals surface area contributed by atoms with E-state index in [1.807, 2.05) is 0 Å². The molecule has 0 aromatic heterocycles. The largest absolute Gasteiger partial charge is 0.468 e. The second-order valence-corrected chi connectivity index (χ2v) is 3.87. The minimum atomic E-state index is 0.518.